The van der Waals surface area contributed by atoms with E-state index in [2.05, 4.69) is 10.1 Å². The molecule has 0 aliphatic heterocycles. The molecule has 2 aromatic rings. The lowest BCUT2D eigenvalue weighted by Gasteiger charge is -1.80. The molecule has 0 aliphatic rings. The molecule has 2 heterocycles. The van der Waals surface area contributed by atoms with E-state index in [4.69, 9.17) is 8.94 Å². The fourth-order valence-electron chi connectivity index (χ4n) is 0.805. The maximum absolute atomic E-state index is 5.05. The Morgan fingerprint density at radius 2 is 2.36 bits per heavy atom. The lowest BCUT2D eigenvalue weighted by atomic mass is 10.4. The Balaban J connectivity index is 2.45. The lowest BCUT2D eigenvalue weighted by molar-refractivity contribution is 0.393. The van der Waals surface area contributed by atoms with Crippen LogP contribution in [0.1, 0.15) is 5.89 Å². The van der Waals surface area contributed by atoms with Crippen molar-refractivity contribution in [2.24, 2.45) is 0 Å². The first-order valence-corrected chi connectivity index (χ1v) is 3.20. The van der Waals surface area contributed by atoms with Gasteiger partial charge in [0, 0.05) is 6.92 Å². The fourth-order valence-corrected chi connectivity index (χ4v) is 0.805. The largest absolute Gasteiger partial charge is 0.461 e. The summed E-state index contributed by atoms with van der Waals surface area (Å²) in [4.78, 5) is 3.98. The predicted molar refractivity (Wildman–Crippen MR) is 36.7 cm³/mol. The maximum Gasteiger partial charge on any atom is 0.238 e. The van der Waals surface area contributed by atoms with E-state index in [1.54, 1.807) is 25.3 Å². The molecular formula is C7H6N2O2. The minimum absolute atomic E-state index is 0.493. The Bertz CT molecular complexity index is 337. The summed E-state index contributed by atoms with van der Waals surface area (Å²) in [6.45, 7) is 1.74. The summed E-state index contributed by atoms with van der Waals surface area (Å²) in [6.07, 6.45) is 1.57. The molecule has 0 N–H and O–H groups in total. The van der Waals surface area contributed by atoms with E-state index in [9.17, 15) is 0 Å². The summed E-state index contributed by atoms with van der Waals surface area (Å²) in [6, 6.07) is 3.56. The van der Waals surface area contributed by atoms with Gasteiger partial charge < -0.3 is 8.94 Å². The number of furan rings is 1. The first kappa shape index (κ1) is 6.15. The number of aromatic nitrogens is 2. The van der Waals surface area contributed by atoms with Crippen LogP contribution in [0.15, 0.2) is 27.3 Å². The van der Waals surface area contributed by atoms with Gasteiger partial charge in [-0.3, -0.25) is 0 Å². The minimum atomic E-state index is 0.493. The fraction of sp³-hybridized carbons (Fsp3) is 0.143. The highest BCUT2D eigenvalue weighted by molar-refractivity contribution is 5.44. The zero-order valence-electron chi connectivity index (χ0n) is 5.94. The van der Waals surface area contributed by atoms with Crippen LogP contribution in [0.5, 0.6) is 0 Å². The highest BCUT2D eigenvalue weighted by atomic mass is 16.5. The zero-order valence-corrected chi connectivity index (χ0v) is 5.94. The van der Waals surface area contributed by atoms with Gasteiger partial charge in [-0.05, 0) is 12.1 Å². The van der Waals surface area contributed by atoms with E-state index in [0.717, 1.165) is 0 Å². The van der Waals surface area contributed by atoms with Gasteiger partial charge in [0.05, 0.1) is 6.26 Å². The number of nitrogens with zero attached hydrogens (tertiary/aromatic N) is 2. The van der Waals surface area contributed by atoms with Gasteiger partial charge in [0.1, 0.15) is 0 Å². The van der Waals surface area contributed by atoms with Gasteiger partial charge >= 0.3 is 0 Å². The molecule has 4 nitrogen and oxygen atoms in total. The van der Waals surface area contributed by atoms with Gasteiger partial charge in [0.15, 0.2) is 5.76 Å². The molecule has 0 aromatic carbocycles. The number of hydrogen-bond acceptors (Lipinski definition) is 4. The number of rotatable bonds is 1. The first-order chi connectivity index (χ1) is 5.36. The molecule has 0 bridgehead atoms. The van der Waals surface area contributed by atoms with Crippen LogP contribution >= 0.6 is 0 Å². The minimum Gasteiger partial charge on any atom is -0.461 e. The highest BCUT2D eigenvalue weighted by Crippen LogP contribution is 2.14. The second kappa shape index (κ2) is 2.23. The van der Waals surface area contributed by atoms with Crippen LogP contribution in [0, 0.1) is 6.92 Å². The van der Waals surface area contributed by atoms with Crippen LogP contribution in [-0.2, 0) is 0 Å². The molecular weight excluding hydrogens is 144 g/mol. The molecule has 2 rings (SSSR count). The van der Waals surface area contributed by atoms with E-state index in [1.165, 1.54) is 0 Å². The van der Waals surface area contributed by atoms with Crippen molar-refractivity contribution in [3.05, 3.63) is 24.3 Å². The first-order valence-electron chi connectivity index (χ1n) is 3.20. The molecule has 2 aromatic heterocycles. The van der Waals surface area contributed by atoms with Crippen LogP contribution in [0.3, 0.4) is 0 Å². The van der Waals surface area contributed by atoms with Gasteiger partial charge in [-0.25, -0.2) is 0 Å². The lowest BCUT2D eigenvalue weighted by Crippen LogP contribution is -1.74. The maximum atomic E-state index is 5.05. The topological polar surface area (TPSA) is 52.1 Å². The third kappa shape index (κ3) is 1.02. The summed E-state index contributed by atoms with van der Waals surface area (Å²) in [7, 11) is 0. The van der Waals surface area contributed by atoms with Crippen molar-refractivity contribution >= 4 is 0 Å². The van der Waals surface area contributed by atoms with Gasteiger partial charge in [-0.1, -0.05) is 5.16 Å². The van der Waals surface area contributed by atoms with Crippen molar-refractivity contribution in [2.45, 2.75) is 6.92 Å². The van der Waals surface area contributed by atoms with E-state index in [0.29, 0.717) is 17.5 Å². The number of hydrogen-bond donors (Lipinski definition) is 0. The molecule has 0 spiro atoms. The molecule has 11 heavy (non-hydrogen) atoms. The van der Waals surface area contributed by atoms with Crippen LogP contribution in [0.25, 0.3) is 11.6 Å². The average Bonchev–Trinajstić information content (AvgIpc) is 2.55. The van der Waals surface area contributed by atoms with Gasteiger partial charge in [-0.2, -0.15) is 4.98 Å². The molecule has 0 amide bonds. The Morgan fingerprint density at radius 1 is 1.45 bits per heavy atom. The van der Waals surface area contributed by atoms with Gasteiger partial charge in [0.2, 0.25) is 11.7 Å². The Morgan fingerprint density at radius 3 is 2.91 bits per heavy atom. The Hall–Kier alpha value is -1.58. The van der Waals surface area contributed by atoms with E-state index < -0.39 is 0 Å². The zero-order chi connectivity index (χ0) is 7.68. The van der Waals surface area contributed by atoms with Gasteiger partial charge in [-0.15, -0.1) is 0 Å². The Kier molecular flexibility index (Phi) is 1.25. The summed E-state index contributed by atoms with van der Waals surface area (Å²) in [5.74, 6) is 1.66. The van der Waals surface area contributed by atoms with Crippen molar-refractivity contribution in [2.75, 3.05) is 0 Å². The molecule has 0 fully saturated rings. The molecule has 4 heteroatoms. The van der Waals surface area contributed by atoms with Crippen molar-refractivity contribution < 1.29 is 8.94 Å². The summed E-state index contributed by atoms with van der Waals surface area (Å²) >= 11 is 0. The SMILES string of the molecule is Cc1nc(-c2ccco2)no1. The summed E-state index contributed by atoms with van der Waals surface area (Å²) in [5, 5.41) is 3.68. The van der Waals surface area contributed by atoms with Crippen molar-refractivity contribution in [3.8, 4) is 11.6 Å². The van der Waals surface area contributed by atoms with Crippen LogP contribution in [-0.4, -0.2) is 10.1 Å². The van der Waals surface area contributed by atoms with Crippen molar-refractivity contribution in [1.82, 2.24) is 10.1 Å². The smallest absolute Gasteiger partial charge is 0.238 e. The summed E-state index contributed by atoms with van der Waals surface area (Å²) < 4.78 is 9.82. The van der Waals surface area contributed by atoms with Gasteiger partial charge in [0.25, 0.3) is 0 Å². The standard InChI is InChI=1S/C7H6N2O2/c1-5-8-7(9-11-5)6-3-2-4-10-6/h2-4H,1H3. The monoisotopic (exact) mass is 150 g/mol. The average molecular weight is 150 g/mol. The summed E-state index contributed by atoms with van der Waals surface area (Å²) in [5.41, 5.74) is 0. The normalized spacial score (nSPS) is 10.3. The second-order valence-electron chi connectivity index (χ2n) is 2.11. The molecule has 0 aliphatic carbocycles. The highest BCUT2D eigenvalue weighted by Gasteiger charge is 2.06. The van der Waals surface area contributed by atoms with Crippen LogP contribution in [0.2, 0.25) is 0 Å². The van der Waals surface area contributed by atoms with E-state index in [1.807, 2.05) is 0 Å². The number of aryl methyl sites for hydroxylation is 1. The van der Waals surface area contributed by atoms with E-state index in [-0.39, 0.29) is 0 Å². The quantitative estimate of drug-likeness (QED) is 0.620. The van der Waals surface area contributed by atoms with Crippen molar-refractivity contribution in [3.63, 3.8) is 0 Å². The molecule has 0 saturated heterocycles. The molecule has 0 radical (unpaired) electrons. The second-order valence-corrected chi connectivity index (χ2v) is 2.11. The molecule has 0 atom stereocenters. The third-order valence-corrected chi connectivity index (χ3v) is 1.27. The predicted octanol–water partition coefficient (Wildman–Crippen LogP) is 1.64. The molecule has 56 valence electrons. The Labute approximate surface area is 62.8 Å². The van der Waals surface area contributed by atoms with Crippen molar-refractivity contribution in [1.29, 1.82) is 0 Å². The molecule has 0 saturated carbocycles. The third-order valence-electron chi connectivity index (χ3n) is 1.27. The van der Waals surface area contributed by atoms with Crippen LogP contribution < -0.4 is 0 Å². The van der Waals surface area contributed by atoms with Crippen LogP contribution in [0.4, 0.5) is 0 Å². The molecule has 0 unspecified atom stereocenters. The van der Waals surface area contributed by atoms with E-state index >= 15 is 0 Å².